The average Bonchev–Trinajstić information content (AvgIpc) is 2.29. The first-order valence-electron chi connectivity index (χ1n) is 5.89. The van der Waals surface area contributed by atoms with Crippen molar-refractivity contribution in [1.82, 2.24) is 5.32 Å². The SMILES string of the molecule is O=C(N[C@@H]1CCC[C@@H](O)C1)c1cccc(Cl)c1. The van der Waals surface area contributed by atoms with Gasteiger partial charge in [-0.05, 0) is 43.9 Å². The summed E-state index contributed by atoms with van der Waals surface area (Å²) in [5.74, 6) is -0.119. The van der Waals surface area contributed by atoms with Crippen molar-refractivity contribution in [2.75, 3.05) is 0 Å². The van der Waals surface area contributed by atoms with Gasteiger partial charge in [0.15, 0.2) is 0 Å². The largest absolute Gasteiger partial charge is 0.393 e. The van der Waals surface area contributed by atoms with Gasteiger partial charge in [0.1, 0.15) is 0 Å². The fourth-order valence-corrected chi connectivity index (χ4v) is 2.38. The normalized spacial score (nSPS) is 24.4. The van der Waals surface area contributed by atoms with Crippen molar-refractivity contribution >= 4 is 17.5 Å². The van der Waals surface area contributed by atoms with E-state index >= 15 is 0 Å². The van der Waals surface area contributed by atoms with Crippen molar-refractivity contribution in [1.29, 1.82) is 0 Å². The van der Waals surface area contributed by atoms with Crippen LogP contribution in [-0.2, 0) is 0 Å². The zero-order chi connectivity index (χ0) is 12.3. The fraction of sp³-hybridized carbons (Fsp3) is 0.462. The third-order valence-corrected chi connectivity index (χ3v) is 3.30. The minimum absolute atomic E-state index is 0.0743. The van der Waals surface area contributed by atoms with Gasteiger partial charge in [-0.1, -0.05) is 17.7 Å². The highest BCUT2D eigenvalue weighted by molar-refractivity contribution is 6.30. The molecule has 1 aromatic carbocycles. The fourth-order valence-electron chi connectivity index (χ4n) is 2.19. The summed E-state index contributed by atoms with van der Waals surface area (Å²) >= 11 is 5.83. The Hall–Kier alpha value is -1.06. The van der Waals surface area contributed by atoms with Crippen LogP contribution in [0.1, 0.15) is 36.0 Å². The number of carbonyl (C=O) groups is 1. The summed E-state index contributed by atoms with van der Waals surface area (Å²) < 4.78 is 0. The highest BCUT2D eigenvalue weighted by Crippen LogP contribution is 2.19. The molecule has 1 aliphatic rings. The van der Waals surface area contributed by atoms with Crippen LogP contribution < -0.4 is 5.32 Å². The minimum Gasteiger partial charge on any atom is -0.393 e. The molecule has 1 aliphatic carbocycles. The van der Waals surface area contributed by atoms with Crippen LogP contribution in [0.2, 0.25) is 5.02 Å². The molecule has 0 aliphatic heterocycles. The molecule has 0 saturated heterocycles. The van der Waals surface area contributed by atoms with Crippen LogP contribution in [0.25, 0.3) is 0 Å². The summed E-state index contributed by atoms with van der Waals surface area (Å²) in [5, 5.41) is 13.0. The zero-order valence-corrected chi connectivity index (χ0v) is 10.3. The van der Waals surface area contributed by atoms with Gasteiger partial charge in [-0.2, -0.15) is 0 Å². The highest BCUT2D eigenvalue weighted by atomic mass is 35.5. The first-order chi connectivity index (χ1) is 8.15. The van der Waals surface area contributed by atoms with E-state index in [4.69, 9.17) is 11.6 Å². The zero-order valence-electron chi connectivity index (χ0n) is 9.53. The first-order valence-corrected chi connectivity index (χ1v) is 6.27. The Kier molecular flexibility index (Phi) is 4.02. The van der Waals surface area contributed by atoms with E-state index in [1.54, 1.807) is 24.3 Å². The number of nitrogens with one attached hydrogen (secondary N) is 1. The molecule has 2 N–H and O–H groups in total. The number of amides is 1. The summed E-state index contributed by atoms with van der Waals surface area (Å²) in [6.07, 6.45) is 3.09. The number of benzene rings is 1. The Bertz CT molecular complexity index is 408. The van der Waals surface area contributed by atoms with Crippen molar-refractivity contribution in [3.8, 4) is 0 Å². The van der Waals surface area contributed by atoms with Crippen molar-refractivity contribution < 1.29 is 9.90 Å². The van der Waals surface area contributed by atoms with Crippen LogP contribution in [0.15, 0.2) is 24.3 Å². The summed E-state index contributed by atoms with van der Waals surface area (Å²) in [4.78, 5) is 11.9. The van der Waals surface area contributed by atoms with Crippen molar-refractivity contribution in [2.24, 2.45) is 0 Å². The van der Waals surface area contributed by atoms with Gasteiger partial charge in [-0.25, -0.2) is 0 Å². The predicted molar refractivity (Wildman–Crippen MR) is 67.2 cm³/mol. The molecular weight excluding hydrogens is 238 g/mol. The van der Waals surface area contributed by atoms with Gasteiger partial charge in [0.2, 0.25) is 0 Å². The van der Waals surface area contributed by atoms with E-state index in [-0.39, 0.29) is 18.1 Å². The number of rotatable bonds is 2. The molecule has 0 aromatic heterocycles. The van der Waals surface area contributed by atoms with E-state index in [9.17, 15) is 9.90 Å². The second kappa shape index (κ2) is 5.52. The first kappa shape index (κ1) is 12.4. The molecule has 4 heteroatoms. The topological polar surface area (TPSA) is 49.3 Å². The molecule has 0 heterocycles. The van der Waals surface area contributed by atoms with Gasteiger partial charge < -0.3 is 10.4 Å². The second-order valence-corrected chi connectivity index (χ2v) is 4.94. The quantitative estimate of drug-likeness (QED) is 0.850. The maximum atomic E-state index is 11.9. The van der Waals surface area contributed by atoms with Crippen LogP contribution >= 0.6 is 11.6 Å². The Morgan fingerprint density at radius 1 is 1.41 bits per heavy atom. The summed E-state index contributed by atoms with van der Waals surface area (Å²) in [6, 6.07) is 6.96. The van der Waals surface area contributed by atoms with E-state index in [2.05, 4.69) is 5.32 Å². The van der Waals surface area contributed by atoms with Crippen LogP contribution in [0, 0.1) is 0 Å². The van der Waals surface area contributed by atoms with E-state index < -0.39 is 0 Å². The van der Waals surface area contributed by atoms with Gasteiger partial charge in [-0.3, -0.25) is 4.79 Å². The Labute approximate surface area is 106 Å². The van der Waals surface area contributed by atoms with E-state index in [0.29, 0.717) is 17.0 Å². The standard InChI is InChI=1S/C13H16ClNO2/c14-10-4-1-3-9(7-10)13(17)15-11-5-2-6-12(16)8-11/h1,3-4,7,11-12,16H,2,5-6,8H2,(H,15,17)/t11-,12-/m1/s1. The third-order valence-electron chi connectivity index (χ3n) is 3.07. The lowest BCUT2D eigenvalue weighted by Crippen LogP contribution is -2.39. The molecule has 1 amide bonds. The molecule has 92 valence electrons. The molecule has 1 aromatic rings. The maximum Gasteiger partial charge on any atom is 0.251 e. The van der Waals surface area contributed by atoms with Crippen LogP contribution in [0.5, 0.6) is 0 Å². The number of aliphatic hydroxyl groups is 1. The molecule has 2 atom stereocenters. The monoisotopic (exact) mass is 253 g/mol. The van der Waals surface area contributed by atoms with Gasteiger partial charge >= 0.3 is 0 Å². The number of hydrogen-bond donors (Lipinski definition) is 2. The van der Waals surface area contributed by atoms with Gasteiger partial charge in [0.25, 0.3) is 5.91 Å². The van der Waals surface area contributed by atoms with Crippen molar-refractivity contribution in [2.45, 2.75) is 37.8 Å². The van der Waals surface area contributed by atoms with E-state index in [1.165, 1.54) is 0 Å². The second-order valence-electron chi connectivity index (χ2n) is 4.50. The molecule has 1 saturated carbocycles. The number of aliphatic hydroxyl groups excluding tert-OH is 1. The number of carbonyl (C=O) groups excluding carboxylic acids is 1. The lowest BCUT2D eigenvalue weighted by Gasteiger charge is -2.26. The Morgan fingerprint density at radius 2 is 2.24 bits per heavy atom. The van der Waals surface area contributed by atoms with Gasteiger partial charge in [0, 0.05) is 16.6 Å². The molecule has 2 rings (SSSR count). The Morgan fingerprint density at radius 3 is 2.94 bits per heavy atom. The smallest absolute Gasteiger partial charge is 0.251 e. The van der Waals surface area contributed by atoms with Crippen LogP contribution in [0.3, 0.4) is 0 Å². The molecule has 0 spiro atoms. The molecule has 0 unspecified atom stereocenters. The van der Waals surface area contributed by atoms with Crippen LogP contribution in [0.4, 0.5) is 0 Å². The molecule has 0 bridgehead atoms. The highest BCUT2D eigenvalue weighted by Gasteiger charge is 2.21. The maximum absolute atomic E-state index is 11.9. The molecule has 0 radical (unpaired) electrons. The molecule has 1 fully saturated rings. The lowest BCUT2D eigenvalue weighted by atomic mass is 9.93. The average molecular weight is 254 g/mol. The lowest BCUT2D eigenvalue weighted by molar-refractivity contribution is 0.0850. The summed E-state index contributed by atoms with van der Waals surface area (Å²) in [7, 11) is 0. The van der Waals surface area contributed by atoms with Crippen molar-refractivity contribution in [3.63, 3.8) is 0 Å². The van der Waals surface area contributed by atoms with E-state index in [0.717, 1.165) is 19.3 Å². The Balaban J connectivity index is 1.97. The number of halogens is 1. The minimum atomic E-state index is -0.284. The number of hydrogen-bond acceptors (Lipinski definition) is 2. The predicted octanol–water partition coefficient (Wildman–Crippen LogP) is 2.37. The summed E-state index contributed by atoms with van der Waals surface area (Å²) in [5.41, 5.74) is 0.567. The molecule has 17 heavy (non-hydrogen) atoms. The van der Waals surface area contributed by atoms with Crippen molar-refractivity contribution in [3.05, 3.63) is 34.9 Å². The molecular formula is C13H16ClNO2. The van der Waals surface area contributed by atoms with Gasteiger partial charge in [-0.15, -0.1) is 0 Å². The summed E-state index contributed by atoms with van der Waals surface area (Å²) in [6.45, 7) is 0. The van der Waals surface area contributed by atoms with E-state index in [1.807, 2.05) is 0 Å². The molecule has 3 nitrogen and oxygen atoms in total. The van der Waals surface area contributed by atoms with Gasteiger partial charge in [0.05, 0.1) is 6.10 Å². The third kappa shape index (κ3) is 3.45. The van der Waals surface area contributed by atoms with Crippen LogP contribution in [-0.4, -0.2) is 23.2 Å².